The van der Waals surface area contributed by atoms with E-state index in [9.17, 15) is 4.79 Å². The fourth-order valence-electron chi connectivity index (χ4n) is 4.44. The van der Waals surface area contributed by atoms with Gasteiger partial charge < -0.3 is 33.1 Å². The van der Waals surface area contributed by atoms with Crippen LogP contribution in [0.1, 0.15) is 48.2 Å². The van der Waals surface area contributed by atoms with Gasteiger partial charge in [0.05, 0.1) is 34.4 Å². The van der Waals surface area contributed by atoms with Gasteiger partial charge in [0.25, 0.3) is 0 Å². The highest BCUT2D eigenvalue weighted by Crippen LogP contribution is 2.34. The van der Waals surface area contributed by atoms with Crippen molar-refractivity contribution in [2.75, 3.05) is 27.6 Å². The molecule has 1 aliphatic rings. The van der Waals surface area contributed by atoms with Gasteiger partial charge in [0.1, 0.15) is 23.2 Å². The minimum atomic E-state index is -1.60. The Morgan fingerprint density at radius 1 is 1.05 bits per heavy atom. The summed E-state index contributed by atoms with van der Waals surface area (Å²) in [6.07, 6.45) is 1.78. The molecule has 1 saturated heterocycles. The molecule has 1 unspecified atom stereocenters. The number of carbonyl (C=O) groups is 1. The Kier molecular flexibility index (Phi) is 11.4. The van der Waals surface area contributed by atoms with Crippen LogP contribution in [0.3, 0.4) is 0 Å². The summed E-state index contributed by atoms with van der Waals surface area (Å²) in [7, 11) is 1.95. The molecule has 214 valence electrons. The quantitative estimate of drug-likeness (QED) is 0.221. The maximum absolute atomic E-state index is 13.3. The van der Waals surface area contributed by atoms with Crippen molar-refractivity contribution in [3.63, 3.8) is 0 Å². The number of hydrogen-bond donors (Lipinski definition) is 0. The lowest BCUT2D eigenvalue weighted by atomic mass is 9.98. The second-order valence-electron chi connectivity index (χ2n) is 11.5. The van der Waals surface area contributed by atoms with Crippen molar-refractivity contribution < 1.29 is 37.9 Å². The number of rotatable bonds is 15. The zero-order valence-electron chi connectivity index (χ0n) is 24.4. The number of aryl methyl sites for hydroxylation is 1. The number of ether oxygens (including phenoxy) is 6. The highest BCUT2D eigenvalue weighted by molar-refractivity contribution is 7.21. The Bertz CT molecular complexity index is 1060. The van der Waals surface area contributed by atoms with E-state index in [4.69, 9.17) is 33.1 Å². The molecule has 0 N–H and O–H groups in total. The average Bonchev–Trinajstić information content (AvgIpc) is 3.18. The van der Waals surface area contributed by atoms with E-state index in [0.717, 1.165) is 24.0 Å². The van der Waals surface area contributed by atoms with Gasteiger partial charge in [-0.2, -0.15) is 0 Å². The third-order valence-electron chi connectivity index (χ3n) is 6.18. The molecule has 0 aromatic heterocycles. The van der Waals surface area contributed by atoms with Gasteiger partial charge in [-0.25, -0.2) is 4.79 Å². The molecule has 2 atom stereocenters. The standard InChI is InChI=1S/C29H43BO8Si/c1-29(2)36-24(26(37-29)19-34-18-21-12-9-8-10-13-21)15-11-14-22-16-23(33-4)17-25(35-20-32-3)27(22)28(31)38-30-39(5,6)7/h8-10,12-13,16-17,24,26,30H,11,14-15,18-20H2,1-7H3/t24-,26?/m0/s1. The molecule has 2 aromatic carbocycles. The van der Waals surface area contributed by atoms with Gasteiger partial charge in [-0.1, -0.05) is 50.0 Å². The molecule has 0 saturated carbocycles. The first-order valence-electron chi connectivity index (χ1n) is 13.5. The molecule has 10 heteroatoms. The molecular formula is C29H43BO8Si. The predicted molar refractivity (Wildman–Crippen MR) is 154 cm³/mol. The number of benzene rings is 2. The minimum Gasteiger partial charge on any atom is -0.540 e. The Hall–Kier alpha value is -2.37. The van der Waals surface area contributed by atoms with Gasteiger partial charge in [-0.15, -0.1) is 0 Å². The van der Waals surface area contributed by atoms with E-state index in [-0.39, 0.29) is 19.0 Å². The van der Waals surface area contributed by atoms with Crippen LogP contribution in [0.25, 0.3) is 0 Å². The third kappa shape index (κ3) is 9.95. The van der Waals surface area contributed by atoms with Crippen LogP contribution in [-0.4, -0.2) is 66.6 Å². The first-order chi connectivity index (χ1) is 18.5. The normalized spacial score (nSPS) is 18.5. The minimum absolute atomic E-state index is 0.00784. The molecular weight excluding hydrogens is 515 g/mol. The van der Waals surface area contributed by atoms with Crippen LogP contribution in [-0.2, 0) is 36.6 Å². The second-order valence-corrected chi connectivity index (χ2v) is 16.9. The molecule has 1 heterocycles. The van der Waals surface area contributed by atoms with E-state index >= 15 is 0 Å². The monoisotopic (exact) mass is 558 g/mol. The number of hydrogen-bond acceptors (Lipinski definition) is 8. The Balaban J connectivity index is 1.70. The molecule has 8 nitrogen and oxygen atoms in total. The van der Waals surface area contributed by atoms with Gasteiger partial charge in [0.15, 0.2) is 12.6 Å². The smallest absolute Gasteiger partial charge is 0.327 e. The largest absolute Gasteiger partial charge is 0.540 e. The lowest BCUT2D eigenvalue weighted by Crippen LogP contribution is -2.34. The fraction of sp³-hybridized carbons (Fsp3) is 0.552. The zero-order chi connectivity index (χ0) is 28.5. The van der Waals surface area contributed by atoms with Gasteiger partial charge in [0, 0.05) is 13.2 Å². The van der Waals surface area contributed by atoms with Gasteiger partial charge in [-0.05, 0) is 50.3 Å². The van der Waals surface area contributed by atoms with Crippen LogP contribution in [0.4, 0.5) is 0 Å². The third-order valence-corrected chi connectivity index (χ3v) is 7.19. The summed E-state index contributed by atoms with van der Waals surface area (Å²) in [6.45, 7) is 11.3. The van der Waals surface area contributed by atoms with Crippen LogP contribution >= 0.6 is 0 Å². The summed E-state index contributed by atoms with van der Waals surface area (Å²) in [5.41, 5.74) is 2.33. The Labute approximate surface area is 234 Å². The molecule has 3 rings (SSSR count). The first kappa shape index (κ1) is 31.2. The highest BCUT2D eigenvalue weighted by atomic mass is 28.3. The highest BCUT2D eigenvalue weighted by Gasteiger charge is 2.41. The molecule has 0 aliphatic carbocycles. The Morgan fingerprint density at radius 3 is 2.44 bits per heavy atom. The average molecular weight is 559 g/mol. The van der Waals surface area contributed by atoms with Crippen molar-refractivity contribution in [1.82, 2.24) is 0 Å². The molecule has 2 aromatic rings. The summed E-state index contributed by atoms with van der Waals surface area (Å²) < 4.78 is 40.5. The summed E-state index contributed by atoms with van der Waals surface area (Å²) in [5, 5.41) is 0. The van der Waals surface area contributed by atoms with Crippen LogP contribution in [0, 0.1) is 0 Å². The molecule has 0 amide bonds. The summed E-state index contributed by atoms with van der Waals surface area (Å²) in [6, 6.07) is 13.6. The van der Waals surface area contributed by atoms with Crippen LogP contribution < -0.4 is 9.47 Å². The molecule has 0 bridgehead atoms. The molecule has 1 fully saturated rings. The molecule has 1 aliphatic heterocycles. The van der Waals surface area contributed by atoms with Gasteiger partial charge >= 0.3 is 13.0 Å². The lowest BCUT2D eigenvalue weighted by Gasteiger charge is -2.20. The van der Waals surface area contributed by atoms with Crippen molar-refractivity contribution in [2.24, 2.45) is 0 Å². The summed E-state index contributed by atoms with van der Waals surface area (Å²) in [5.74, 6) is -0.0869. The predicted octanol–water partition coefficient (Wildman–Crippen LogP) is 5.08. The van der Waals surface area contributed by atoms with E-state index in [1.807, 2.05) is 50.2 Å². The topological polar surface area (TPSA) is 81.7 Å². The van der Waals surface area contributed by atoms with E-state index in [2.05, 4.69) is 19.6 Å². The van der Waals surface area contributed by atoms with E-state index in [1.165, 1.54) is 7.11 Å². The number of carbonyl (C=O) groups excluding carboxylic acids is 1. The molecule has 39 heavy (non-hydrogen) atoms. The second kappa shape index (κ2) is 14.3. The fourth-order valence-corrected chi connectivity index (χ4v) is 5.00. The SMILES string of the molecule is COCOc1cc(OC)cc(CCC[C@@H]2OC(C)(C)OC2COCc2ccccc2)c1C(=O)OB[Si](C)(C)C. The van der Waals surface area contributed by atoms with E-state index in [0.29, 0.717) is 43.8 Å². The lowest BCUT2D eigenvalue weighted by molar-refractivity contribution is -0.151. The maximum Gasteiger partial charge on any atom is 0.327 e. The van der Waals surface area contributed by atoms with Gasteiger partial charge in [-0.3, -0.25) is 0 Å². The van der Waals surface area contributed by atoms with Crippen LogP contribution in [0.2, 0.25) is 19.6 Å². The van der Waals surface area contributed by atoms with E-state index < -0.39 is 19.7 Å². The van der Waals surface area contributed by atoms with Gasteiger partial charge in [0.2, 0.25) is 0 Å². The van der Waals surface area contributed by atoms with Crippen molar-refractivity contribution >= 4 is 21.0 Å². The van der Waals surface area contributed by atoms with Crippen LogP contribution in [0.15, 0.2) is 42.5 Å². The van der Waals surface area contributed by atoms with E-state index in [1.54, 1.807) is 13.2 Å². The maximum atomic E-state index is 13.3. The van der Waals surface area contributed by atoms with Crippen molar-refractivity contribution in [2.45, 2.75) is 77.4 Å². The van der Waals surface area contributed by atoms with Crippen molar-refractivity contribution in [3.8, 4) is 11.5 Å². The Morgan fingerprint density at radius 2 is 1.77 bits per heavy atom. The first-order valence-corrected chi connectivity index (χ1v) is 17.2. The molecule has 0 spiro atoms. The number of methoxy groups -OCH3 is 2. The summed E-state index contributed by atoms with van der Waals surface area (Å²) >= 11 is 0. The van der Waals surface area contributed by atoms with Crippen LogP contribution in [0.5, 0.6) is 11.5 Å². The molecule has 0 radical (unpaired) electrons. The van der Waals surface area contributed by atoms with Crippen molar-refractivity contribution in [1.29, 1.82) is 0 Å². The zero-order valence-corrected chi connectivity index (χ0v) is 25.4. The van der Waals surface area contributed by atoms with Crippen molar-refractivity contribution in [3.05, 3.63) is 59.2 Å². The summed E-state index contributed by atoms with van der Waals surface area (Å²) in [4.78, 5) is 13.3.